The van der Waals surface area contributed by atoms with Gasteiger partial charge in [-0.1, -0.05) is 37.3 Å². The molecule has 138 valence electrons. The third-order valence-electron chi connectivity index (χ3n) is 3.99. The van der Waals surface area contributed by atoms with E-state index in [0.717, 1.165) is 10.5 Å². The molecule has 0 spiro atoms. The van der Waals surface area contributed by atoms with Crippen LogP contribution in [0, 0.1) is 0 Å². The molecule has 1 aromatic carbocycles. The number of nitrogens with one attached hydrogen (secondary N) is 1. The highest BCUT2D eigenvalue weighted by Gasteiger charge is 2.44. The Hall–Kier alpha value is -3.03. The van der Waals surface area contributed by atoms with Crippen molar-refractivity contribution in [3.05, 3.63) is 35.9 Å². The van der Waals surface area contributed by atoms with E-state index in [9.17, 15) is 24.0 Å². The van der Waals surface area contributed by atoms with Crippen LogP contribution in [0.4, 0.5) is 4.79 Å². The number of imide groups is 2. The summed E-state index contributed by atoms with van der Waals surface area (Å²) in [5, 5.41) is 2.53. The van der Waals surface area contributed by atoms with Gasteiger partial charge in [0.15, 0.2) is 5.78 Å². The number of benzene rings is 1. The van der Waals surface area contributed by atoms with Gasteiger partial charge >= 0.3 is 17.8 Å². The molecule has 1 aliphatic heterocycles. The van der Waals surface area contributed by atoms with E-state index in [1.807, 2.05) is 30.3 Å². The number of carbonyl (C=O) groups excluding carboxylic acids is 5. The monoisotopic (exact) mass is 359 g/mol. The van der Waals surface area contributed by atoms with Crippen molar-refractivity contribution in [1.82, 2.24) is 15.1 Å². The zero-order valence-corrected chi connectivity index (χ0v) is 14.7. The maximum absolute atomic E-state index is 12.2. The summed E-state index contributed by atoms with van der Waals surface area (Å²) in [5.74, 6) is -2.88. The van der Waals surface area contributed by atoms with Crippen LogP contribution in [0.2, 0.25) is 0 Å². The fraction of sp³-hybridized carbons (Fsp3) is 0.389. The van der Waals surface area contributed by atoms with Crippen LogP contribution < -0.4 is 5.32 Å². The fourth-order valence-electron chi connectivity index (χ4n) is 2.64. The molecule has 2 rings (SSSR count). The molecule has 1 fully saturated rings. The highest BCUT2D eigenvalue weighted by Crippen LogP contribution is 2.12. The smallest absolute Gasteiger partial charge is 0.334 e. The zero-order chi connectivity index (χ0) is 19.3. The number of rotatable bonds is 8. The van der Waals surface area contributed by atoms with Crippen molar-refractivity contribution < 1.29 is 24.0 Å². The Balaban J connectivity index is 2.02. The number of amides is 5. The lowest BCUT2D eigenvalue weighted by molar-refractivity contribution is -0.144. The summed E-state index contributed by atoms with van der Waals surface area (Å²) in [7, 11) is 0. The van der Waals surface area contributed by atoms with E-state index < -0.39 is 36.3 Å². The molecule has 1 atom stereocenters. The minimum atomic E-state index is -1.03. The summed E-state index contributed by atoms with van der Waals surface area (Å²) in [5.41, 5.74) is 0.866. The van der Waals surface area contributed by atoms with Crippen LogP contribution in [0.5, 0.6) is 0 Å². The summed E-state index contributed by atoms with van der Waals surface area (Å²) in [6, 6.07) is 7.57. The predicted molar refractivity (Wildman–Crippen MR) is 91.9 cm³/mol. The molecule has 0 saturated carbocycles. The highest BCUT2D eigenvalue weighted by atomic mass is 16.2. The van der Waals surface area contributed by atoms with E-state index in [-0.39, 0.29) is 12.3 Å². The van der Waals surface area contributed by atoms with Gasteiger partial charge in [0.1, 0.15) is 6.54 Å². The Kier molecular flexibility index (Phi) is 6.21. The average Bonchev–Trinajstić information content (AvgIpc) is 2.80. The van der Waals surface area contributed by atoms with Gasteiger partial charge in [-0.3, -0.25) is 24.1 Å². The quantitative estimate of drug-likeness (QED) is 0.538. The normalized spacial score (nSPS) is 15.4. The zero-order valence-electron chi connectivity index (χ0n) is 14.7. The molecule has 1 saturated heterocycles. The van der Waals surface area contributed by atoms with Crippen molar-refractivity contribution in [3.63, 3.8) is 0 Å². The molecule has 0 radical (unpaired) electrons. The van der Waals surface area contributed by atoms with E-state index in [1.165, 1.54) is 6.92 Å². The summed E-state index contributed by atoms with van der Waals surface area (Å²) in [6.07, 6.45) is 0.805. The minimum Gasteiger partial charge on any atom is -0.344 e. The van der Waals surface area contributed by atoms with Crippen LogP contribution in [0.25, 0.3) is 0 Å². The second-order valence-electron chi connectivity index (χ2n) is 6.05. The summed E-state index contributed by atoms with van der Waals surface area (Å²) < 4.78 is 0. The summed E-state index contributed by atoms with van der Waals surface area (Å²) >= 11 is 0. The lowest BCUT2D eigenvalue weighted by Gasteiger charge is -2.18. The molecule has 1 heterocycles. The molecule has 5 amide bonds. The minimum absolute atomic E-state index is 0.117. The first-order valence-corrected chi connectivity index (χ1v) is 8.36. The SMILES string of the molecule is CCCN1C(=O)C(=O)N(CC(=O)N[C@H](Cc2ccccc2)C(C)=O)C1=O. The fourth-order valence-corrected chi connectivity index (χ4v) is 2.64. The van der Waals surface area contributed by atoms with Crippen molar-refractivity contribution in [1.29, 1.82) is 0 Å². The number of Topliss-reactive ketones (excluding diaryl/α,β-unsaturated/α-hetero) is 1. The Morgan fingerprint density at radius 2 is 1.65 bits per heavy atom. The third-order valence-corrected chi connectivity index (χ3v) is 3.99. The molecule has 8 nitrogen and oxygen atoms in total. The molecule has 0 aromatic heterocycles. The maximum atomic E-state index is 12.2. The van der Waals surface area contributed by atoms with Crippen LogP contribution in [0.3, 0.4) is 0 Å². The molecule has 26 heavy (non-hydrogen) atoms. The lowest BCUT2D eigenvalue weighted by Crippen LogP contribution is -2.47. The topological polar surface area (TPSA) is 104 Å². The molecule has 1 N–H and O–H groups in total. The highest BCUT2D eigenvalue weighted by molar-refractivity contribution is 6.45. The maximum Gasteiger partial charge on any atom is 0.334 e. The van der Waals surface area contributed by atoms with E-state index in [2.05, 4.69) is 5.32 Å². The molecule has 0 bridgehead atoms. The van der Waals surface area contributed by atoms with Crippen molar-refractivity contribution >= 4 is 29.5 Å². The van der Waals surface area contributed by atoms with Crippen molar-refractivity contribution in [3.8, 4) is 0 Å². The molecule has 1 aliphatic rings. The van der Waals surface area contributed by atoms with Crippen molar-refractivity contribution in [2.24, 2.45) is 0 Å². The van der Waals surface area contributed by atoms with E-state index in [1.54, 1.807) is 6.92 Å². The van der Waals surface area contributed by atoms with Gasteiger partial charge in [0.05, 0.1) is 6.04 Å². The first-order valence-electron chi connectivity index (χ1n) is 8.36. The standard InChI is InChI=1S/C18H21N3O5/c1-3-9-20-16(24)17(25)21(18(20)26)11-15(23)19-14(12(2)22)10-13-7-5-4-6-8-13/h4-8,14H,3,9-11H2,1-2H3,(H,19,23)/t14-/m1/s1. The number of hydrogen-bond acceptors (Lipinski definition) is 5. The Bertz CT molecular complexity index is 732. The third kappa shape index (κ3) is 4.33. The largest absolute Gasteiger partial charge is 0.344 e. The molecule has 1 aromatic rings. The van der Waals surface area contributed by atoms with Gasteiger partial charge < -0.3 is 5.32 Å². The predicted octanol–water partition coefficient (Wildman–Crippen LogP) is 0.504. The first-order chi connectivity index (χ1) is 12.3. The van der Waals surface area contributed by atoms with Gasteiger partial charge in [-0.25, -0.2) is 9.69 Å². The summed E-state index contributed by atoms with van der Waals surface area (Å²) in [6.45, 7) is 2.64. The number of nitrogens with zero attached hydrogens (tertiary/aromatic N) is 2. The van der Waals surface area contributed by atoms with Gasteiger partial charge in [-0.05, 0) is 25.3 Å². The Morgan fingerprint density at radius 1 is 1.04 bits per heavy atom. The molecule has 0 unspecified atom stereocenters. The molecule has 8 heteroatoms. The van der Waals surface area contributed by atoms with Crippen LogP contribution in [0.1, 0.15) is 25.8 Å². The van der Waals surface area contributed by atoms with Gasteiger partial charge in [-0.2, -0.15) is 0 Å². The van der Waals surface area contributed by atoms with E-state index >= 15 is 0 Å². The van der Waals surface area contributed by atoms with Gasteiger partial charge in [0.25, 0.3) is 0 Å². The lowest BCUT2D eigenvalue weighted by atomic mass is 10.0. The summed E-state index contributed by atoms with van der Waals surface area (Å²) in [4.78, 5) is 61.3. The molecule has 0 aliphatic carbocycles. The van der Waals surface area contributed by atoms with Gasteiger partial charge in [0.2, 0.25) is 5.91 Å². The Labute approximate surface area is 151 Å². The van der Waals surface area contributed by atoms with E-state index in [0.29, 0.717) is 17.7 Å². The Morgan fingerprint density at radius 3 is 2.23 bits per heavy atom. The van der Waals surface area contributed by atoms with Gasteiger partial charge in [0, 0.05) is 6.54 Å². The van der Waals surface area contributed by atoms with Crippen LogP contribution in [0.15, 0.2) is 30.3 Å². The second kappa shape index (κ2) is 8.37. The van der Waals surface area contributed by atoms with Crippen molar-refractivity contribution in [2.45, 2.75) is 32.7 Å². The number of urea groups is 1. The second-order valence-corrected chi connectivity index (χ2v) is 6.05. The van der Waals surface area contributed by atoms with Crippen LogP contribution in [-0.2, 0) is 25.6 Å². The molecular formula is C18H21N3O5. The first kappa shape index (κ1) is 19.3. The number of carbonyl (C=O) groups is 5. The number of hydrogen-bond donors (Lipinski definition) is 1. The number of ketones is 1. The van der Waals surface area contributed by atoms with Gasteiger partial charge in [-0.15, -0.1) is 0 Å². The van der Waals surface area contributed by atoms with E-state index in [4.69, 9.17) is 0 Å². The molecular weight excluding hydrogens is 338 g/mol. The van der Waals surface area contributed by atoms with Crippen molar-refractivity contribution in [2.75, 3.05) is 13.1 Å². The van der Waals surface area contributed by atoms with Crippen LogP contribution in [-0.4, -0.2) is 58.5 Å². The van der Waals surface area contributed by atoms with Crippen LogP contribution >= 0.6 is 0 Å². The average molecular weight is 359 g/mol.